The summed E-state index contributed by atoms with van der Waals surface area (Å²) in [5.74, 6) is -0.0807. The van der Waals surface area contributed by atoms with Crippen LogP contribution in [0.1, 0.15) is 16.1 Å². The first-order chi connectivity index (χ1) is 11.6. The van der Waals surface area contributed by atoms with E-state index in [1.807, 2.05) is 19.1 Å². The maximum Gasteiger partial charge on any atom is 0.254 e. The van der Waals surface area contributed by atoms with E-state index in [1.165, 1.54) is 0 Å². The van der Waals surface area contributed by atoms with Crippen molar-refractivity contribution in [3.63, 3.8) is 0 Å². The zero-order chi connectivity index (χ0) is 16.9. The number of carbonyl (C=O) groups is 1. The number of carbonyl (C=O) groups excluding carboxylic acids is 1. The first-order valence-electron chi connectivity index (χ1n) is 8.17. The molecule has 1 saturated heterocycles. The van der Waals surface area contributed by atoms with Gasteiger partial charge < -0.3 is 10.6 Å². The lowest BCUT2D eigenvalue weighted by Crippen LogP contribution is -2.46. The normalized spacial score (nSPS) is 14.8. The second kappa shape index (κ2) is 9.20. The SMILES string of the molecule is Cc1nn(-c2ccc(Cl)cc2)cc1C(=O)NCCN1CCNCC1.Cl. The number of benzene rings is 1. The minimum Gasteiger partial charge on any atom is -0.351 e. The van der Waals surface area contributed by atoms with Gasteiger partial charge in [-0.05, 0) is 31.2 Å². The number of aromatic nitrogens is 2. The molecule has 1 aliphatic heterocycles. The predicted octanol–water partition coefficient (Wildman–Crippen LogP) is 1.89. The highest BCUT2D eigenvalue weighted by Crippen LogP contribution is 2.15. The fourth-order valence-corrected chi connectivity index (χ4v) is 2.89. The molecule has 0 atom stereocenters. The van der Waals surface area contributed by atoms with Gasteiger partial charge in [-0.25, -0.2) is 4.68 Å². The fraction of sp³-hybridized carbons (Fsp3) is 0.412. The summed E-state index contributed by atoms with van der Waals surface area (Å²) in [6.07, 6.45) is 1.76. The summed E-state index contributed by atoms with van der Waals surface area (Å²) in [6, 6.07) is 7.37. The number of hydrogen-bond acceptors (Lipinski definition) is 4. The Kier molecular flexibility index (Phi) is 7.25. The molecule has 1 aliphatic rings. The van der Waals surface area contributed by atoms with Crippen LogP contribution < -0.4 is 10.6 Å². The van der Waals surface area contributed by atoms with Crippen LogP contribution in [0.4, 0.5) is 0 Å². The highest BCUT2D eigenvalue weighted by atomic mass is 35.5. The van der Waals surface area contributed by atoms with Crippen LogP contribution >= 0.6 is 24.0 Å². The quantitative estimate of drug-likeness (QED) is 0.827. The highest BCUT2D eigenvalue weighted by molar-refractivity contribution is 6.30. The number of nitrogens with zero attached hydrogens (tertiary/aromatic N) is 3. The first kappa shape index (κ1) is 19.7. The molecule has 0 radical (unpaired) electrons. The standard InChI is InChI=1S/C17H22ClN5O.ClH/c1-13-16(12-23(21-13)15-4-2-14(18)3-5-15)17(24)20-8-11-22-9-6-19-7-10-22;/h2-5,12,19H,6-11H2,1H3,(H,20,24);1H. The van der Waals surface area contributed by atoms with E-state index >= 15 is 0 Å². The summed E-state index contributed by atoms with van der Waals surface area (Å²) >= 11 is 5.91. The van der Waals surface area contributed by atoms with E-state index in [4.69, 9.17) is 11.6 Å². The van der Waals surface area contributed by atoms with Crippen LogP contribution in [0.3, 0.4) is 0 Å². The Bertz CT molecular complexity index is 696. The van der Waals surface area contributed by atoms with Crippen LogP contribution in [-0.4, -0.2) is 59.9 Å². The molecule has 3 rings (SSSR count). The third-order valence-corrected chi connectivity index (χ3v) is 4.41. The number of rotatable bonds is 5. The summed E-state index contributed by atoms with van der Waals surface area (Å²) in [5, 5.41) is 11.4. The molecule has 2 N–H and O–H groups in total. The summed E-state index contributed by atoms with van der Waals surface area (Å²) < 4.78 is 1.71. The molecule has 6 nitrogen and oxygen atoms in total. The molecule has 0 spiro atoms. The Labute approximate surface area is 158 Å². The molecule has 136 valence electrons. The lowest BCUT2D eigenvalue weighted by molar-refractivity contribution is 0.0946. The second-order valence-electron chi connectivity index (χ2n) is 5.90. The third kappa shape index (κ3) is 5.19. The van der Waals surface area contributed by atoms with E-state index in [0.717, 1.165) is 38.4 Å². The predicted molar refractivity (Wildman–Crippen MR) is 102 cm³/mol. The van der Waals surface area contributed by atoms with Gasteiger partial charge in [0, 0.05) is 50.5 Å². The second-order valence-corrected chi connectivity index (χ2v) is 6.33. The average Bonchev–Trinajstić information content (AvgIpc) is 2.98. The molecule has 1 amide bonds. The smallest absolute Gasteiger partial charge is 0.254 e. The highest BCUT2D eigenvalue weighted by Gasteiger charge is 2.15. The zero-order valence-corrected chi connectivity index (χ0v) is 15.7. The van der Waals surface area contributed by atoms with Crippen LogP contribution in [0, 0.1) is 6.92 Å². The maximum absolute atomic E-state index is 12.4. The molecule has 0 aliphatic carbocycles. The molecule has 1 aromatic heterocycles. The van der Waals surface area contributed by atoms with Crippen LogP contribution in [0.25, 0.3) is 5.69 Å². The van der Waals surface area contributed by atoms with Crippen molar-refractivity contribution in [3.05, 3.63) is 46.7 Å². The van der Waals surface area contributed by atoms with Crippen molar-refractivity contribution in [2.45, 2.75) is 6.92 Å². The Morgan fingerprint density at radius 3 is 2.64 bits per heavy atom. The van der Waals surface area contributed by atoms with E-state index in [2.05, 4.69) is 20.6 Å². The molecule has 0 bridgehead atoms. The molecule has 25 heavy (non-hydrogen) atoms. The lowest BCUT2D eigenvalue weighted by Gasteiger charge is -2.27. The average molecular weight is 384 g/mol. The molecule has 8 heteroatoms. The van der Waals surface area contributed by atoms with Gasteiger partial charge in [-0.2, -0.15) is 5.10 Å². The summed E-state index contributed by atoms with van der Waals surface area (Å²) in [5.41, 5.74) is 2.19. The third-order valence-electron chi connectivity index (χ3n) is 4.16. The first-order valence-corrected chi connectivity index (χ1v) is 8.55. The molecule has 1 fully saturated rings. The lowest BCUT2D eigenvalue weighted by atomic mass is 10.2. The van der Waals surface area contributed by atoms with E-state index < -0.39 is 0 Å². The van der Waals surface area contributed by atoms with Gasteiger partial charge in [0.15, 0.2) is 0 Å². The van der Waals surface area contributed by atoms with Gasteiger partial charge in [-0.3, -0.25) is 9.69 Å². The molecule has 1 aromatic carbocycles. The minimum atomic E-state index is -0.0807. The van der Waals surface area contributed by atoms with Crippen molar-refractivity contribution < 1.29 is 4.79 Å². The molecule has 2 heterocycles. The number of amides is 1. The van der Waals surface area contributed by atoms with E-state index in [-0.39, 0.29) is 18.3 Å². The summed E-state index contributed by atoms with van der Waals surface area (Å²) in [6.45, 7) is 7.45. The van der Waals surface area contributed by atoms with Gasteiger partial charge in [0.2, 0.25) is 0 Å². The number of piperazine rings is 1. The zero-order valence-electron chi connectivity index (χ0n) is 14.2. The van der Waals surface area contributed by atoms with Gasteiger partial charge in [0.1, 0.15) is 0 Å². The molecule has 0 saturated carbocycles. The monoisotopic (exact) mass is 383 g/mol. The molecule has 0 unspecified atom stereocenters. The van der Waals surface area contributed by atoms with Crippen molar-refractivity contribution in [2.75, 3.05) is 39.3 Å². The molecule has 2 aromatic rings. The van der Waals surface area contributed by atoms with E-state index in [0.29, 0.717) is 22.8 Å². The van der Waals surface area contributed by atoms with Crippen LogP contribution in [0.15, 0.2) is 30.5 Å². The number of halogens is 2. The summed E-state index contributed by atoms with van der Waals surface area (Å²) in [7, 11) is 0. The Morgan fingerprint density at radius 1 is 1.28 bits per heavy atom. The van der Waals surface area contributed by atoms with Gasteiger partial charge in [0.05, 0.1) is 16.9 Å². The van der Waals surface area contributed by atoms with Crippen LogP contribution in [0.5, 0.6) is 0 Å². The van der Waals surface area contributed by atoms with Crippen molar-refractivity contribution in [2.24, 2.45) is 0 Å². The van der Waals surface area contributed by atoms with Crippen molar-refractivity contribution in [1.29, 1.82) is 0 Å². The van der Waals surface area contributed by atoms with Crippen LogP contribution in [0.2, 0.25) is 5.02 Å². The van der Waals surface area contributed by atoms with Crippen LogP contribution in [-0.2, 0) is 0 Å². The van der Waals surface area contributed by atoms with E-state index in [9.17, 15) is 4.79 Å². The van der Waals surface area contributed by atoms with Gasteiger partial charge in [-0.15, -0.1) is 12.4 Å². The van der Waals surface area contributed by atoms with Crippen molar-refractivity contribution in [3.8, 4) is 5.69 Å². The van der Waals surface area contributed by atoms with Crippen molar-refractivity contribution >= 4 is 29.9 Å². The molecular formula is C17H23Cl2N5O. The number of hydrogen-bond donors (Lipinski definition) is 2. The Morgan fingerprint density at radius 2 is 1.96 bits per heavy atom. The maximum atomic E-state index is 12.4. The number of nitrogens with one attached hydrogen (secondary N) is 2. The van der Waals surface area contributed by atoms with Gasteiger partial charge in [0.25, 0.3) is 5.91 Å². The topological polar surface area (TPSA) is 62.2 Å². The van der Waals surface area contributed by atoms with Gasteiger partial charge in [-0.1, -0.05) is 11.6 Å². The number of aryl methyl sites for hydroxylation is 1. The van der Waals surface area contributed by atoms with Gasteiger partial charge >= 0.3 is 0 Å². The summed E-state index contributed by atoms with van der Waals surface area (Å²) in [4.78, 5) is 14.7. The largest absolute Gasteiger partial charge is 0.351 e. The van der Waals surface area contributed by atoms with E-state index in [1.54, 1.807) is 23.0 Å². The fourth-order valence-electron chi connectivity index (χ4n) is 2.77. The Hall–Kier alpha value is -1.60. The molecular weight excluding hydrogens is 361 g/mol. The Balaban J connectivity index is 0.00000225. The minimum absolute atomic E-state index is 0. The van der Waals surface area contributed by atoms with Crippen molar-refractivity contribution in [1.82, 2.24) is 25.3 Å².